The molecule has 0 spiro atoms. The van der Waals surface area contributed by atoms with Gasteiger partial charge in [-0.1, -0.05) is 18.6 Å². The van der Waals surface area contributed by atoms with Crippen LogP contribution in [0.3, 0.4) is 0 Å². The predicted molar refractivity (Wildman–Crippen MR) is 111 cm³/mol. The number of nitrogens with one attached hydrogen (secondary N) is 2. The van der Waals surface area contributed by atoms with Crippen LogP contribution in [0.25, 0.3) is 0 Å². The van der Waals surface area contributed by atoms with Crippen LogP contribution >= 0.6 is 11.8 Å². The van der Waals surface area contributed by atoms with Crippen molar-refractivity contribution in [3.63, 3.8) is 0 Å². The second-order valence-corrected chi connectivity index (χ2v) is 9.16. The molecule has 6 nitrogen and oxygen atoms in total. The first-order valence-electron chi connectivity index (χ1n) is 10.3. The van der Waals surface area contributed by atoms with Gasteiger partial charge >= 0.3 is 6.03 Å². The van der Waals surface area contributed by atoms with Gasteiger partial charge < -0.3 is 20.3 Å². The largest absolute Gasteiger partial charge is 0.497 e. The molecule has 3 heterocycles. The van der Waals surface area contributed by atoms with Crippen LogP contribution in [0.15, 0.2) is 24.3 Å². The van der Waals surface area contributed by atoms with Gasteiger partial charge in [0.25, 0.3) is 0 Å². The van der Waals surface area contributed by atoms with E-state index in [2.05, 4.69) is 27.7 Å². The second kappa shape index (κ2) is 8.64. The summed E-state index contributed by atoms with van der Waals surface area (Å²) in [5.41, 5.74) is 1.20. The maximum atomic E-state index is 12.8. The Kier molecular flexibility index (Phi) is 5.99. The number of ether oxygens (including phenoxy) is 1. The normalized spacial score (nSPS) is 28.8. The quantitative estimate of drug-likeness (QED) is 0.542. The molecule has 3 saturated heterocycles. The maximum absolute atomic E-state index is 12.8. The van der Waals surface area contributed by atoms with Gasteiger partial charge in [-0.05, 0) is 43.4 Å². The minimum absolute atomic E-state index is 0.0333. The topological polar surface area (TPSA) is 70.7 Å². The Morgan fingerprint density at radius 2 is 2.07 bits per heavy atom. The molecule has 3 aliphatic heterocycles. The lowest BCUT2D eigenvalue weighted by molar-refractivity contribution is -0.132. The summed E-state index contributed by atoms with van der Waals surface area (Å²) in [4.78, 5) is 26.3. The van der Waals surface area contributed by atoms with Crippen molar-refractivity contribution in [2.75, 3.05) is 19.4 Å². The number of rotatable bonds is 7. The molecular weight excluding hydrogens is 374 g/mol. The zero-order valence-corrected chi connectivity index (χ0v) is 17.2. The molecule has 4 atom stereocenters. The summed E-state index contributed by atoms with van der Waals surface area (Å²) in [7, 11) is 1.67. The van der Waals surface area contributed by atoms with Crippen LogP contribution in [-0.4, -0.2) is 53.6 Å². The predicted octanol–water partition coefficient (Wildman–Crippen LogP) is 3.08. The van der Waals surface area contributed by atoms with E-state index in [9.17, 15) is 9.59 Å². The highest BCUT2D eigenvalue weighted by atomic mass is 32.2. The van der Waals surface area contributed by atoms with Gasteiger partial charge in [-0.2, -0.15) is 11.8 Å². The number of unbranched alkanes of at least 4 members (excludes halogenated alkanes) is 1. The molecule has 4 rings (SSSR count). The SMILES string of the molecule is COc1ccc([C@@H]2CCCN2C(=O)CCCC[C@@H]2SC[C@H]3NC(=O)N[C@H]23)cc1. The van der Waals surface area contributed by atoms with E-state index in [-0.39, 0.29) is 30.1 Å². The van der Waals surface area contributed by atoms with Crippen LogP contribution in [0.2, 0.25) is 0 Å². The summed E-state index contributed by atoms with van der Waals surface area (Å²) in [5.74, 6) is 2.11. The number of hydrogen-bond acceptors (Lipinski definition) is 4. The molecule has 28 heavy (non-hydrogen) atoms. The maximum Gasteiger partial charge on any atom is 0.315 e. The van der Waals surface area contributed by atoms with Gasteiger partial charge in [-0.15, -0.1) is 0 Å². The number of methoxy groups -OCH3 is 1. The van der Waals surface area contributed by atoms with Gasteiger partial charge in [0.15, 0.2) is 0 Å². The minimum atomic E-state index is -0.0333. The van der Waals surface area contributed by atoms with E-state index in [1.807, 2.05) is 23.9 Å². The number of hydrogen-bond donors (Lipinski definition) is 2. The van der Waals surface area contributed by atoms with Crippen molar-refractivity contribution in [1.82, 2.24) is 15.5 Å². The van der Waals surface area contributed by atoms with Crippen molar-refractivity contribution < 1.29 is 14.3 Å². The molecule has 0 unspecified atom stereocenters. The highest BCUT2D eigenvalue weighted by Crippen LogP contribution is 2.35. The van der Waals surface area contributed by atoms with E-state index >= 15 is 0 Å². The molecule has 0 aliphatic carbocycles. The number of carbonyl (C=O) groups excluding carboxylic acids is 2. The Morgan fingerprint density at radius 3 is 2.86 bits per heavy atom. The number of amides is 3. The molecule has 1 aromatic carbocycles. The van der Waals surface area contributed by atoms with Gasteiger partial charge in [0, 0.05) is 24.0 Å². The van der Waals surface area contributed by atoms with Crippen molar-refractivity contribution in [2.45, 2.75) is 61.9 Å². The van der Waals surface area contributed by atoms with Crippen LogP contribution < -0.4 is 15.4 Å². The first kappa shape index (κ1) is 19.4. The summed E-state index contributed by atoms with van der Waals surface area (Å²) < 4.78 is 5.24. The third kappa shape index (κ3) is 4.09. The molecule has 3 amide bonds. The number of carbonyl (C=O) groups is 2. The fourth-order valence-electron chi connectivity index (χ4n) is 4.65. The van der Waals surface area contributed by atoms with E-state index in [0.717, 1.165) is 50.2 Å². The third-order valence-electron chi connectivity index (χ3n) is 6.14. The third-order valence-corrected chi connectivity index (χ3v) is 7.65. The molecule has 2 N–H and O–H groups in total. The highest BCUT2D eigenvalue weighted by Gasteiger charge is 2.42. The second-order valence-electron chi connectivity index (χ2n) is 7.89. The first-order chi connectivity index (χ1) is 13.7. The summed E-state index contributed by atoms with van der Waals surface area (Å²) >= 11 is 1.94. The number of nitrogens with zero attached hydrogens (tertiary/aromatic N) is 1. The average molecular weight is 404 g/mol. The van der Waals surface area contributed by atoms with E-state index < -0.39 is 0 Å². The fourth-order valence-corrected chi connectivity index (χ4v) is 6.19. The summed E-state index contributed by atoms with van der Waals surface area (Å²) in [6.45, 7) is 0.857. The lowest BCUT2D eigenvalue weighted by Gasteiger charge is -2.25. The number of likely N-dealkylation sites (tertiary alicyclic amines) is 1. The molecular formula is C21H29N3O3S. The van der Waals surface area contributed by atoms with Crippen LogP contribution in [0.4, 0.5) is 4.79 Å². The molecule has 0 aromatic heterocycles. The molecule has 1 aromatic rings. The molecule has 3 aliphatic rings. The molecule has 0 radical (unpaired) electrons. The van der Waals surface area contributed by atoms with Crippen molar-refractivity contribution in [2.24, 2.45) is 0 Å². The van der Waals surface area contributed by atoms with Crippen LogP contribution in [0.5, 0.6) is 5.75 Å². The fraction of sp³-hybridized carbons (Fsp3) is 0.619. The number of thioether (sulfide) groups is 1. The minimum Gasteiger partial charge on any atom is -0.497 e. The highest BCUT2D eigenvalue weighted by molar-refractivity contribution is 8.00. The summed E-state index contributed by atoms with van der Waals surface area (Å²) in [6.07, 6.45) is 5.72. The van der Waals surface area contributed by atoms with Crippen molar-refractivity contribution >= 4 is 23.7 Å². The Labute approximate surface area is 170 Å². The molecule has 3 fully saturated rings. The Balaban J connectivity index is 1.23. The Bertz CT molecular complexity index is 711. The zero-order chi connectivity index (χ0) is 19.5. The lowest BCUT2D eigenvalue weighted by Crippen LogP contribution is -2.36. The van der Waals surface area contributed by atoms with Gasteiger partial charge in [0.1, 0.15) is 5.75 Å². The van der Waals surface area contributed by atoms with Crippen LogP contribution in [0, 0.1) is 0 Å². The molecule has 0 saturated carbocycles. The number of benzene rings is 1. The number of urea groups is 1. The van der Waals surface area contributed by atoms with Gasteiger partial charge in [-0.25, -0.2) is 4.79 Å². The van der Waals surface area contributed by atoms with E-state index in [4.69, 9.17) is 4.74 Å². The summed E-state index contributed by atoms with van der Waals surface area (Å²) in [6, 6.07) is 8.79. The van der Waals surface area contributed by atoms with Crippen LogP contribution in [0.1, 0.15) is 50.1 Å². The van der Waals surface area contributed by atoms with Gasteiger partial charge in [-0.3, -0.25) is 4.79 Å². The zero-order valence-electron chi connectivity index (χ0n) is 16.4. The van der Waals surface area contributed by atoms with Crippen LogP contribution in [-0.2, 0) is 4.79 Å². The van der Waals surface area contributed by atoms with Crippen molar-refractivity contribution in [3.8, 4) is 5.75 Å². The van der Waals surface area contributed by atoms with Crippen molar-refractivity contribution in [1.29, 1.82) is 0 Å². The Hall–Kier alpha value is -1.89. The van der Waals surface area contributed by atoms with Gasteiger partial charge in [0.2, 0.25) is 5.91 Å². The van der Waals surface area contributed by atoms with E-state index in [1.54, 1.807) is 7.11 Å². The standard InChI is InChI=1S/C21H29N3O3S/c1-27-15-10-8-14(9-11-15)17-5-4-12-24(17)19(25)7-3-2-6-18-20-16(13-28-18)22-21(26)23-20/h8-11,16-18,20H,2-7,12-13H2,1H3,(H2,22,23,26)/t16-,17+,18+,20+/m1/s1. The van der Waals surface area contributed by atoms with E-state index in [1.165, 1.54) is 5.56 Å². The van der Waals surface area contributed by atoms with Gasteiger partial charge in [0.05, 0.1) is 25.2 Å². The average Bonchev–Trinajstić information content (AvgIpc) is 3.41. The molecule has 152 valence electrons. The van der Waals surface area contributed by atoms with E-state index in [0.29, 0.717) is 11.7 Å². The smallest absolute Gasteiger partial charge is 0.315 e. The summed E-state index contributed by atoms with van der Waals surface area (Å²) in [5, 5.41) is 6.49. The molecule has 7 heteroatoms. The number of fused-ring (bicyclic) bond motifs is 1. The molecule has 0 bridgehead atoms. The van der Waals surface area contributed by atoms with Crippen molar-refractivity contribution in [3.05, 3.63) is 29.8 Å². The first-order valence-corrected chi connectivity index (χ1v) is 11.3. The lowest BCUT2D eigenvalue weighted by atomic mass is 10.0. The Morgan fingerprint density at radius 1 is 1.25 bits per heavy atom. The monoisotopic (exact) mass is 403 g/mol.